The summed E-state index contributed by atoms with van der Waals surface area (Å²) in [5.74, 6) is -0.0928. The molecule has 1 aromatic rings. The number of halogens is 1. The summed E-state index contributed by atoms with van der Waals surface area (Å²) in [5, 5.41) is 12.7. The summed E-state index contributed by atoms with van der Waals surface area (Å²) in [7, 11) is 1.46. The molecule has 0 spiro atoms. The van der Waals surface area contributed by atoms with Crippen molar-refractivity contribution >= 4 is 0 Å². The van der Waals surface area contributed by atoms with Gasteiger partial charge in [0, 0.05) is 31.2 Å². The van der Waals surface area contributed by atoms with Gasteiger partial charge in [-0.25, -0.2) is 4.39 Å². The molecule has 1 aromatic carbocycles. The van der Waals surface area contributed by atoms with Crippen LogP contribution in [0.25, 0.3) is 0 Å². The van der Waals surface area contributed by atoms with Crippen LogP contribution in [0, 0.1) is 11.2 Å². The van der Waals surface area contributed by atoms with Crippen LogP contribution in [0.2, 0.25) is 0 Å². The van der Waals surface area contributed by atoms with E-state index in [9.17, 15) is 9.50 Å². The van der Waals surface area contributed by atoms with Crippen molar-refractivity contribution in [3.8, 4) is 5.75 Å². The fourth-order valence-corrected chi connectivity index (χ4v) is 2.74. The zero-order valence-corrected chi connectivity index (χ0v) is 12.7. The van der Waals surface area contributed by atoms with E-state index in [0.29, 0.717) is 6.61 Å². The maximum absolute atomic E-state index is 13.4. The molecule has 21 heavy (non-hydrogen) atoms. The van der Waals surface area contributed by atoms with Crippen LogP contribution in [-0.2, 0) is 4.74 Å². The first-order valence-electron chi connectivity index (χ1n) is 7.36. The van der Waals surface area contributed by atoms with E-state index in [1.165, 1.54) is 13.2 Å². The Hall–Kier alpha value is -1.17. The number of ether oxygens (including phenoxy) is 2. The number of hydrogen-bond donors (Lipinski definition) is 2. The van der Waals surface area contributed by atoms with Crippen molar-refractivity contribution in [2.75, 3.05) is 33.5 Å². The summed E-state index contributed by atoms with van der Waals surface area (Å²) in [6, 6.07) is 4.99. The van der Waals surface area contributed by atoms with Gasteiger partial charge in [-0.15, -0.1) is 0 Å². The van der Waals surface area contributed by atoms with Gasteiger partial charge in [0.1, 0.15) is 0 Å². The van der Waals surface area contributed by atoms with Crippen molar-refractivity contribution in [2.45, 2.75) is 25.8 Å². The SMILES string of the molecule is COc1cc(C(C)NCC2(CCO)CCOC2)ccc1F. The van der Waals surface area contributed by atoms with Crippen molar-refractivity contribution in [1.82, 2.24) is 5.32 Å². The van der Waals surface area contributed by atoms with E-state index in [2.05, 4.69) is 5.32 Å². The monoisotopic (exact) mass is 297 g/mol. The lowest BCUT2D eigenvalue weighted by molar-refractivity contribution is 0.122. The molecule has 118 valence electrons. The Labute approximate surface area is 125 Å². The van der Waals surface area contributed by atoms with E-state index in [4.69, 9.17) is 9.47 Å². The molecular weight excluding hydrogens is 273 g/mol. The lowest BCUT2D eigenvalue weighted by Crippen LogP contribution is -2.37. The van der Waals surface area contributed by atoms with Crippen LogP contribution < -0.4 is 10.1 Å². The molecule has 0 aliphatic carbocycles. The number of aliphatic hydroxyl groups excluding tert-OH is 1. The third-order valence-corrected chi connectivity index (χ3v) is 4.29. The number of hydrogen-bond acceptors (Lipinski definition) is 4. The molecular formula is C16H24FNO3. The number of methoxy groups -OCH3 is 1. The van der Waals surface area contributed by atoms with Crippen molar-refractivity contribution in [1.29, 1.82) is 0 Å². The molecule has 1 saturated heterocycles. The average Bonchev–Trinajstić information content (AvgIpc) is 2.95. The second kappa shape index (κ2) is 7.20. The molecule has 0 aromatic heterocycles. The Morgan fingerprint density at radius 2 is 2.33 bits per heavy atom. The molecule has 0 radical (unpaired) electrons. The lowest BCUT2D eigenvalue weighted by atomic mass is 9.83. The maximum Gasteiger partial charge on any atom is 0.165 e. The fourth-order valence-electron chi connectivity index (χ4n) is 2.74. The summed E-state index contributed by atoms with van der Waals surface area (Å²) in [6.07, 6.45) is 1.69. The Balaban J connectivity index is 1.99. The van der Waals surface area contributed by atoms with E-state index in [0.717, 1.165) is 31.6 Å². The third kappa shape index (κ3) is 3.93. The van der Waals surface area contributed by atoms with Gasteiger partial charge in [-0.3, -0.25) is 0 Å². The highest BCUT2D eigenvalue weighted by atomic mass is 19.1. The molecule has 1 aliphatic heterocycles. The summed E-state index contributed by atoms with van der Waals surface area (Å²) >= 11 is 0. The standard InChI is InChI=1S/C16H24FNO3/c1-12(13-3-4-14(17)15(9-13)20-2)18-10-16(5-7-19)6-8-21-11-16/h3-4,9,12,18-19H,5-8,10-11H2,1-2H3. The first-order chi connectivity index (χ1) is 10.1. The first kappa shape index (κ1) is 16.2. The largest absolute Gasteiger partial charge is 0.494 e. The molecule has 5 heteroatoms. The van der Waals surface area contributed by atoms with Gasteiger partial charge in [-0.2, -0.15) is 0 Å². The van der Waals surface area contributed by atoms with Gasteiger partial charge in [-0.1, -0.05) is 6.07 Å². The zero-order valence-electron chi connectivity index (χ0n) is 12.7. The van der Waals surface area contributed by atoms with Crippen molar-refractivity contribution in [3.05, 3.63) is 29.6 Å². The van der Waals surface area contributed by atoms with Gasteiger partial charge in [0.15, 0.2) is 11.6 Å². The minimum Gasteiger partial charge on any atom is -0.494 e. The van der Waals surface area contributed by atoms with E-state index in [1.54, 1.807) is 12.1 Å². The van der Waals surface area contributed by atoms with Gasteiger partial charge in [0.05, 0.1) is 13.7 Å². The molecule has 1 aliphatic rings. The predicted molar refractivity (Wildman–Crippen MR) is 78.9 cm³/mol. The van der Waals surface area contributed by atoms with E-state index >= 15 is 0 Å². The van der Waals surface area contributed by atoms with Crippen molar-refractivity contribution in [3.63, 3.8) is 0 Å². The van der Waals surface area contributed by atoms with Crippen LogP contribution in [0.3, 0.4) is 0 Å². The van der Waals surface area contributed by atoms with Crippen LogP contribution in [0.5, 0.6) is 5.75 Å². The van der Waals surface area contributed by atoms with E-state index in [-0.39, 0.29) is 29.6 Å². The van der Waals surface area contributed by atoms with Gasteiger partial charge in [0.2, 0.25) is 0 Å². The quantitative estimate of drug-likeness (QED) is 0.810. The van der Waals surface area contributed by atoms with Gasteiger partial charge >= 0.3 is 0 Å². The summed E-state index contributed by atoms with van der Waals surface area (Å²) in [5.41, 5.74) is 0.985. The van der Waals surface area contributed by atoms with Crippen LogP contribution in [0.1, 0.15) is 31.4 Å². The topological polar surface area (TPSA) is 50.7 Å². The summed E-state index contributed by atoms with van der Waals surface area (Å²) in [4.78, 5) is 0. The summed E-state index contributed by atoms with van der Waals surface area (Å²) in [6.45, 7) is 4.41. The Morgan fingerprint density at radius 3 is 2.95 bits per heavy atom. The Kier molecular flexibility index (Phi) is 5.56. The van der Waals surface area contributed by atoms with E-state index < -0.39 is 0 Å². The van der Waals surface area contributed by atoms with Gasteiger partial charge < -0.3 is 19.9 Å². The van der Waals surface area contributed by atoms with E-state index in [1.807, 2.05) is 6.92 Å². The second-order valence-corrected chi connectivity index (χ2v) is 5.77. The maximum atomic E-state index is 13.4. The molecule has 2 unspecified atom stereocenters. The highest BCUT2D eigenvalue weighted by Gasteiger charge is 2.34. The molecule has 4 nitrogen and oxygen atoms in total. The van der Waals surface area contributed by atoms with Crippen LogP contribution in [-0.4, -0.2) is 38.6 Å². The normalized spacial score (nSPS) is 23.2. The van der Waals surface area contributed by atoms with Gasteiger partial charge in [0.25, 0.3) is 0 Å². The van der Waals surface area contributed by atoms with Crippen molar-refractivity contribution in [2.24, 2.45) is 5.41 Å². The molecule has 1 fully saturated rings. The fraction of sp³-hybridized carbons (Fsp3) is 0.625. The average molecular weight is 297 g/mol. The molecule has 2 atom stereocenters. The smallest absolute Gasteiger partial charge is 0.165 e. The van der Waals surface area contributed by atoms with Crippen LogP contribution >= 0.6 is 0 Å². The molecule has 1 heterocycles. The first-order valence-corrected chi connectivity index (χ1v) is 7.36. The highest BCUT2D eigenvalue weighted by molar-refractivity contribution is 5.31. The second-order valence-electron chi connectivity index (χ2n) is 5.77. The Morgan fingerprint density at radius 1 is 1.52 bits per heavy atom. The number of benzene rings is 1. The van der Waals surface area contributed by atoms with Crippen molar-refractivity contribution < 1.29 is 19.0 Å². The third-order valence-electron chi connectivity index (χ3n) is 4.29. The molecule has 0 bridgehead atoms. The lowest BCUT2D eigenvalue weighted by Gasteiger charge is -2.29. The molecule has 0 amide bonds. The number of nitrogens with one attached hydrogen (secondary N) is 1. The number of aliphatic hydroxyl groups is 1. The number of rotatable bonds is 7. The minimum absolute atomic E-state index is 0.00707. The molecule has 0 saturated carbocycles. The summed E-state index contributed by atoms with van der Waals surface area (Å²) < 4.78 is 23.9. The highest BCUT2D eigenvalue weighted by Crippen LogP contribution is 2.32. The Bertz CT molecular complexity index is 461. The molecule has 2 rings (SSSR count). The molecule has 2 N–H and O–H groups in total. The zero-order chi connectivity index (χ0) is 15.3. The van der Waals surface area contributed by atoms with Crippen LogP contribution in [0.4, 0.5) is 4.39 Å². The van der Waals surface area contributed by atoms with Gasteiger partial charge in [-0.05, 0) is 37.5 Å². The predicted octanol–water partition coefficient (Wildman–Crippen LogP) is 2.27. The minimum atomic E-state index is -0.352. The van der Waals surface area contributed by atoms with Crippen LogP contribution in [0.15, 0.2) is 18.2 Å².